The summed E-state index contributed by atoms with van der Waals surface area (Å²) in [6.07, 6.45) is 1.85. The van der Waals surface area contributed by atoms with Crippen LogP contribution < -0.4 is 0 Å². The van der Waals surface area contributed by atoms with Crippen LogP contribution in [0.15, 0.2) is 182 Å². The van der Waals surface area contributed by atoms with Gasteiger partial charge in [-0.15, -0.1) is 11.3 Å². The molecule has 11 aromatic rings. The van der Waals surface area contributed by atoms with Crippen LogP contribution in [0.5, 0.6) is 0 Å². The van der Waals surface area contributed by atoms with Crippen LogP contribution in [0, 0.1) is 0 Å². The van der Waals surface area contributed by atoms with Gasteiger partial charge in [0, 0.05) is 49.4 Å². The van der Waals surface area contributed by atoms with Gasteiger partial charge in [0.2, 0.25) is 5.95 Å². The Morgan fingerprint density at radius 2 is 0.982 bits per heavy atom. The SMILES string of the molecule is c1ccc(-c2nc(-c3ccccc3)nc(-n3c4ccc(-c5ccc(-c6ccccn6)s5)cc4c4cc5c6ccccc6n(-c6ccccc6)c5cc43)n2)cc1. The third-order valence-corrected chi connectivity index (χ3v) is 11.4. The summed E-state index contributed by atoms with van der Waals surface area (Å²) < 4.78 is 4.58. The Kier molecular flexibility index (Phi) is 7.25. The van der Waals surface area contributed by atoms with E-state index in [-0.39, 0.29) is 0 Å². The smallest absolute Gasteiger partial charge is 0.238 e. The van der Waals surface area contributed by atoms with Crippen molar-refractivity contribution < 1.29 is 0 Å². The molecule has 0 unspecified atom stereocenters. The highest BCUT2D eigenvalue weighted by Crippen LogP contribution is 2.42. The molecule has 0 saturated carbocycles. The number of fused-ring (bicyclic) bond motifs is 6. The van der Waals surface area contributed by atoms with Crippen molar-refractivity contribution in [1.29, 1.82) is 0 Å². The van der Waals surface area contributed by atoms with Crippen LogP contribution in [0.2, 0.25) is 0 Å². The maximum atomic E-state index is 5.22. The van der Waals surface area contributed by atoms with Crippen molar-refractivity contribution >= 4 is 54.9 Å². The van der Waals surface area contributed by atoms with Gasteiger partial charge >= 0.3 is 0 Å². The highest BCUT2D eigenvalue weighted by molar-refractivity contribution is 7.18. The molecule has 258 valence electrons. The summed E-state index contributed by atoms with van der Waals surface area (Å²) in [5.41, 5.74) is 9.41. The zero-order valence-corrected chi connectivity index (χ0v) is 30.2. The van der Waals surface area contributed by atoms with E-state index in [0.29, 0.717) is 17.6 Å². The topological polar surface area (TPSA) is 61.4 Å². The summed E-state index contributed by atoms with van der Waals surface area (Å²) in [7, 11) is 0. The number of rotatable bonds is 6. The van der Waals surface area contributed by atoms with E-state index >= 15 is 0 Å². The molecule has 6 aromatic carbocycles. The number of benzene rings is 6. The first-order valence-electron chi connectivity index (χ1n) is 18.2. The van der Waals surface area contributed by atoms with E-state index < -0.39 is 0 Å². The van der Waals surface area contributed by atoms with Gasteiger partial charge in [0.05, 0.1) is 32.6 Å². The second-order valence-electron chi connectivity index (χ2n) is 13.5. The minimum Gasteiger partial charge on any atom is -0.309 e. The number of nitrogens with zero attached hydrogens (tertiary/aromatic N) is 6. The predicted octanol–water partition coefficient (Wildman–Crippen LogP) is 12.2. The molecule has 0 bridgehead atoms. The van der Waals surface area contributed by atoms with Gasteiger partial charge in [0.1, 0.15) is 0 Å². The van der Waals surface area contributed by atoms with Gasteiger partial charge in [-0.3, -0.25) is 9.55 Å². The van der Waals surface area contributed by atoms with Gasteiger partial charge in [-0.25, -0.2) is 4.98 Å². The van der Waals surface area contributed by atoms with Crippen molar-refractivity contribution in [2.24, 2.45) is 0 Å². The molecule has 0 aliphatic heterocycles. The van der Waals surface area contributed by atoms with E-state index in [1.54, 1.807) is 11.3 Å². The van der Waals surface area contributed by atoms with Gasteiger partial charge in [0.25, 0.3) is 0 Å². The average molecular weight is 723 g/mol. The number of thiophene rings is 1. The maximum absolute atomic E-state index is 5.22. The van der Waals surface area contributed by atoms with Gasteiger partial charge in [-0.1, -0.05) is 109 Å². The molecule has 0 aliphatic carbocycles. The van der Waals surface area contributed by atoms with Crippen molar-refractivity contribution in [3.8, 4) is 55.4 Å². The van der Waals surface area contributed by atoms with Gasteiger partial charge < -0.3 is 4.57 Å². The number of pyridine rings is 1. The summed E-state index contributed by atoms with van der Waals surface area (Å²) in [5, 5.41) is 4.65. The van der Waals surface area contributed by atoms with Crippen LogP contribution in [-0.2, 0) is 0 Å². The molecule has 0 aliphatic rings. The molecule has 7 heteroatoms. The molecule has 55 heavy (non-hydrogen) atoms. The molecule has 5 heterocycles. The van der Waals surface area contributed by atoms with Crippen LogP contribution in [0.4, 0.5) is 0 Å². The molecular formula is C48H30N6S. The van der Waals surface area contributed by atoms with Crippen molar-refractivity contribution in [2.45, 2.75) is 0 Å². The lowest BCUT2D eigenvalue weighted by Crippen LogP contribution is -2.06. The number of para-hydroxylation sites is 2. The summed E-state index contributed by atoms with van der Waals surface area (Å²) in [6, 6.07) is 61.4. The van der Waals surface area contributed by atoms with E-state index in [1.807, 2.05) is 79.0 Å². The Morgan fingerprint density at radius 1 is 0.382 bits per heavy atom. The van der Waals surface area contributed by atoms with Gasteiger partial charge in [-0.2, -0.15) is 9.97 Å². The molecule has 0 fully saturated rings. The average Bonchev–Trinajstić information content (AvgIpc) is 3.97. The summed E-state index contributed by atoms with van der Waals surface area (Å²) in [4.78, 5) is 22.4. The van der Waals surface area contributed by atoms with Gasteiger partial charge in [-0.05, 0) is 72.3 Å². The largest absolute Gasteiger partial charge is 0.309 e. The first-order valence-corrected chi connectivity index (χ1v) is 19.0. The number of hydrogen-bond donors (Lipinski definition) is 0. The van der Waals surface area contributed by atoms with E-state index in [1.165, 1.54) is 15.6 Å². The Morgan fingerprint density at radius 3 is 1.71 bits per heavy atom. The number of aromatic nitrogens is 6. The van der Waals surface area contributed by atoms with E-state index in [2.05, 4.69) is 117 Å². The van der Waals surface area contributed by atoms with E-state index in [9.17, 15) is 0 Å². The molecule has 0 N–H and O–H groups in total. The van der Waals surface area contributed by atoms with E-state index in [0.717, 1.165) is 65.8 Å². The molecule has 11 rings (SSSR count). The third-order valence-electron chi connectivity index (χ3n) is 10.3. The Balaban J connectivity index is 1.23. The molecule has 0 saturated heterocycles. The fourth-order valence-electron chi connectivity index (χ4n) is 7.74. The second kappa shape index (κ2) is 12.7. The highest BCUT2D eigenvalue weighted by atomic mass is 32.1. The summed E-state index contributed by atoms with van der Waals surface area (Å²) in [5.74, 6) is 1.81. The standard InChI is InChI=1S/C48H30N6S/c1-4-14-31(15-5-1)46-50-47(32-16-6-2-7-17-32)52-48(51-46)54-41-24-23-33(44-25-26-45(55-44)39-21-12-13-27-49-39)28-36(41)38-29-37-35-20-10-11-22-40(35)53(42(37)30-43(38)54)34-18-8-3-9-19-34/h1-30H. The Hall–Kier alpha value is -7.22. The molecule has 0 radical (unpaired) electrons. The van der Waals surface area contributed by atoms with Crippen LogP contribution in [0.1, 0.15) is 0 Å². The molecule has 5 aromatic heterocycles. The maximum Gasteiger partial charge on any atom is 0.238 e. The first-order chi connectivity index (χ1) is 27.3. The lowest BCUT2D eigenvalue weighted by Gasteiger charge is -2.11. The second-order valence-corrected chi connectivity index (χ2v) is 14.6. The number of hydrogen-bond acceptors (Lipinski definition) is 5. The van der Waals surface area contributed by atoms with Crippen molar-refractivity contribution in [1.82, 2.24) is 29.1 Å². The summed E-state index contributed by atoms with van der Waals surface area (Å²) >= 11 is 1.76. The molecule has 6 nitrogen and oxygen atoms in total. The minimum absolute atomic E-state index is 0.566. The summed E-state index contributed by atoms with van der Waals surface area (Å²) in [6.45, 7) is 0. The molecular weight excluding hydrogens is 693 g/mol. The fraction of sp³-hybridized carbons (Fsp3) is 0. The zero-order chi connectivity index (χ0) is 36.3. The van der Waals surface area contributed by atoms with Crippen LogP contribution in [0.25, 0.3) is 99.0 Å². The zero-order valence-electron chi connectivity index (χ0n) is 29.4. The van der Waals surface area contributed by atoms with Crippen LogP contribution >= 0.6 is 11.3 Å². The predicted molar refractivity (Wildman–Crippen MR) is 226 cm³/mol. The van der Waals surface area contributed by atoms with Crippen molar-refractivity contribution in [3.05, 3.63) is 182 Å². The Labute approximate surface area is 320 Å². The van der Waals surface area contributed by atoms with Crippen molar-refractivity contribution in [3.63, 3.8) is 0 Å². The monoisotopic (exact) mass is 722 g/mol. The third kappa shape index (κ3) is 5.24. The highest BCUT2D eigenvalue weighted by Gasteiger charge is 2.22. The first kappa shape index (κ1) is 31.3. The van der Waals surface area contributed by atoms with E-state index in [4.69, 9.17) is 15.0 Å². The quantitative estimate of drug-likeness (QED) is 0.171. The fourth-order valence-corrected chi connectivity index (χ4v) is 8.72. The normalized spacial score (nSPS) is 11.6. The lowest BCUT2D eigenvalue weighted by molar-refractivity contribution is 0.953. The molecule has 0 spiro atoms. The van der Waals surface area contributed by atoms with Crippen LogP contribution in [-0.4, -0.2) is 29.1 Å². The van der Waals surface area contributed by atoms with Crippen molar-refractivity contribution in [2.75, 3.05) is 0 Å². The lowest BCUT2D eigenvalue weighted by atomic mass is 10.1. The minimum atomic E-state index is 0.566. The molecule has 0 atom stereocenters. The Bertz CT molecular complexity index is 3130. The van der Waals surface area contributed by atoms with Gasteiger partial charge in [0.15, 0.2) is 11.6 Å². The molecule has 0 amide bonds. The van der Waals surface area contributed by atoms with Crippen LogP contribution in [0.3, 0.4) is 0 Å².